The van der Waals surface area contributed by atoms with Crippen molar-refractivity contribution >= 4 is 27.9 Å². The predicted octanol–water partition coefficient (Wildman–Crippen LogP) is 5.82. The minimum absolute atomic E-state index is 1.20. The van der Waals surface area contributed by atoms with Crippen molar-refractivity contribution in [2.45, 2.75) is 6.92 Å². The van der Waals surface area contributed by atoms with Crippen molar-refractivity contribution in [3.63, 3.8) is 0 Å². The Bertz CT molecular complexity index is 919. The second kappa shape index (κ2) is 5.19. The van der Waals surface area contributed by atoms with Crippen LogP contribution in [0.5, 0.6) is 0 Å². The molecule has 3 aromatic carbocycles. The predicted molar refractivity (Wildman–Crippen MR) is 95.5 cm³/mol. The van der Waals surface area contributed by atoms with Gasteiger partial charge in [-0.25, -0.2) is 0 Å². The molecule has 0 amide bonds. The zero-order valence-electron chi connectivity index (χ0n) is 12.5. The molecule has 0 unspecified atom stereocenters. The van der Waals surface area contributed by atoms with Gasteiger partial charge in [-0.3, -0.25) is 0 Å². The summed E-state index contributed by atoms with van der Waals surface area (Å²) in [5.41, 5.74) is 4.93. The highest BCUT2D eigenvalue weighted by molar-refractivity contribution is 6.09. The van der Waals surface area contributed by atoms with E-state index in [0.29, 0.717) is 0 Å². The number of benzene rings is 3. The van der Waals surface area contributed by atoms with Crippen molar-refractivity contribution in [3.8, 4) is 5.69 Å². The van der Waals surface area contributed by atoms with Crippen LogP contribution < -0.4 is 0 Å². The second-order valence-electron chi connectivity index (χ2n) is 5.46. The third-order valence-electron chi connectivity index (χ3n) is 4.09. The number of aromatic nitrogens is 1. The zero-order chi connectivity index (χ0) is 14.9. The molecule has 0 aliphatic carbocycles. The average Bonchev–Trinajstić information content (AvgIpc) is 2.91. The highest BCUT2D eigenvalue weighted by atomic mass is 15.0. The summed E-state index contributed by atoms with van der Waals surface area (Å²) in [4.78, 5) is 0. The summed E-state index contributed by atoms with van der Waals surface area (Å²) in [6, 6.07) is 25.9. The van der Waals surface area contributed by atoms with Crippen LogP contribution >= 0.6 is 0 Å². The van der Waals surface area contributed by atoms with Crippen LogP contribution in [-0.4, -0.2) is 4.57 Å². The lowest BCUT2D eigenvalue weighted by atomic mass is 10.2. The van der Waals surface area contributed by atoms with E-state index in [9.17, 15) is 0 Å². The maximum Gasteiger partial charge on any atom is 0.0541 e. The van der Waals surface area contributed by atoms with Crippen LogP contribution in [-0.2, 0) is 0 Å². The summed E-state index contributed by atoms with van der Waals surface area (Å²) in [5, 5.41) is 2.60. The molecule has 4 rings (SSSR count). The quantitative estimate of drug-likeness (QED) is 0.437. The molecule has 0 aliphatic heterocycles. The Morgan fingerprint density at radius 3 is 1.77 bits per heavy atom. The van der Waals surface area contributed by atoms with Crippen molar-refractivity contribution in [3.05, 3.63) is 84.4 Å². The van der Waals surface area contributed by atoms with E-state index in [2.05, 4.69) is 89.5 Å². The maximum atomic E-state index is 2.34. The Labute approximate surface area is 130 Å². The Morgan fingerprint density at radius 2 is 1.23 bits per heavy atom. The lowest BCUT2D eigenvalue weighted by Gasteiger charge is -2.08. The Morgan fingerprint density at radius 1 is 0.682 bits per heavy atom. The fourth-order valence-electron chi connectivity index (χ4n) is 3.13. The highest BCUT2D eigenvalue weighted by Gasteiger charge is 2.10. The fourth-order valence-corrected chi connectivity index (χ4v) is 3.13. The van der Waals surface area contributed by atoms with Gasteiger partial charge < -0.3 is 4.57 Å². The molecule has 0 aliphatic rings. The lowest BCUT2D eigenvalue weighted by molar-refractivity contribution is 1.18. The fraction of sp³-hybridized carbons (Fsp3) is 0.0476. The number of fused-ring (bicyclic) bond motifs is 3. The molecule has 1 heteroatoms. The van der Waals surface area contributed by atoms with Gasteiger partial charge in [0, 0.05) is 16.5 Å². The minimum atomic E-state index is 1.20. The highest BCUT2D eigenvalue weighted by Crippen LogP contribution is 2.31. The molecule has 0 N–H and O–H groups in total. The van der Waals surface area contributed by atoms with Gasteiger partial charge in [0.05, 0.1) is 11.0 Å². The van der Waals surface area contributed by atoms with Gasteiger partial charge in [0.15, 0.2) is 0 Å². The first kappa shape index (κ1) is 12.9. The molecule has 1 aromatic heterocycles. The van der Waals surface area contributed by atoms with Gasteiger partial charge in [0.2, 0.25) is 0 Å². The van der Waals surface area contributed by atoms with Crippen LogP contribution in [0.1, 0.15) is 12.5 Å². The molecule has 0 saturated carbocycles. The van der Waals surface area contributed by atoms with E-state index in [4.69, 9.17) is 0 Å². The molecule has 0 bridgehead atoms. The van der Waals surface area contributed by atoms with Gasteiger partial charge in [0.25, 0.3) is 0 Å². The van der Waals surface area contributed by atoms with Crippen LogP contribution in [0.4, 0.5) is 0 Å². The van der Waals surface area contributed by atoms with E-state index >= 15 is 0 Å². The van der Waals surface area contributed by atoms with E-state index in [1.807, 2.05) is 6.92 Å². The van der Waals surface area contributed by atoms with E-state index in [-0.39, 0.29) is 0 Å². The molecular formula is C21H17N. The summed E-state index contributed by atoms with van der Waals surface area (Å²) in [6.07, 6.45) is 4.19. The van der Waals surface area contributed by atoms with Crippen LogP contribution in [0.15, 0.2) is 78.9 Å². The zero-order valence-corrected chi connectivity index (χ0v) is 12.5. The smallest absolute Gasteiger partial charge is 0.0541 e. The summed E-state index contributed by atoms with van der Waals surface area (Å²) in [7, 11) is 0. The Balaban J connectivity index is 2.03. The first-order valence-corrected chi connectivity index (χ1v) is 7.60. The van der Waals surface area contributed by atoms with Crippen molar-refractivity contribution in [1.29, 1.82) is 0 Å². The number of rotatable bonds is 2. The Kier molecular flexibility index (Phi) is 3.05. The average molecular weight is 283 g/mol. The van der Waals surface area contributed by atoms with Crippen molar-refractivity contribution in [2.75, 3.05) is 0 Å². The number of hydrogen-bond donors (Lipinski definition) is 0. The molecule has 0 atom stereocenters. The first-order valence-electron chi connectivity index (χ1n) is 7.60. The number of allylic oxidation sites excluding steroid dienone is 1. The normalized spacial score (nSPS) is 11.7. The molecule has 106 valence electrons. The van der Waals surface area contributed by atoms with Crippen molar-refractivity contribution in [2.24, 2.45) is 0 Å². The molecule has 1 heterocycles. The molecule has 22 heavy (non-hydrogen) atoms. The summed E-state index contributed by atoms with van der Waals surface area (Å²) < 4.78 is 2.34. The second-order valence-corrected chi connectivity index (χ2v) is 5.46. The third kappa shape index (κ3) is 1.94. The monoisotopic (exact) mass is 283 g/mol. The number of hydrogen-bond acceptors (Lipinski definition) is 0. The van der Waals surface area contributed by atoms with E-state index in [1.54, 1.807) is 0 Å². The molecular weight excluding hydrogens is 266 g/mol. The van der Waals surface area contributed by atoms with Crippen molar-refractivity contribution in [1.82, 2.24) is 4.57 Å². The molecule has 0 fully saturated rings. The minimum Gasteiger partial charge on any atom is -0.309 e. The topological polar surface area (TPSA) is 4.93 Å². The standard InChI is InChI=1S/C21H17N/c1-2-7-16-12-14-17(15-13-16)22-20-10-5-3-8-18(20)19-9-4-6-11-21(19)22/h2-15H,1H3/b7-2+. The van der Waals surface area contributed by atoms with E-state index < -0.39 is 0 Å². The van der Waals surface area contributed by atoms with Gasteiger partial charge in [0.1, 0.15) is 0 Å². The van der Waals surface area contributed by atoms with Gasteiger partial charge in [-0.15, -0.1) is 0 Å². The van der Waals surface area contributed by atoms with Gasteiger partial charge >= 0.3 is 0 Å². The summed E-state index contributed by atoms with van der Waals surface area (Å²) >= 11 is 0. The van der Waals surface area contributed by atoms with Gasteiger partial charge in [-0.2, -0.15) is 0 Å². The van der Waals surface area contributed by atoms with E-state index in [1.165, 1.54) is 33.1 Å². The van der Waals surface area contributed by atoms with Crippen LogP contribution in [0, 0.1) is 0 Å². The summed E-state index contributed by atoms with van der Waals surface area (Å²) in [6.45, 7) is 2.04. The largest absolute Gasteiger partial charge is 0.309 e. The van der Waals surface area contributed by atoms with Crippen LogP contribution in [0.2, 0.25) is 0 Å². The Hall–Kier alpha value is -2.80. The third-order valence-corrected chi connectivity index (χ3v) is 4.09. The van der Waals surface area contributed by atoms with Gasteiger partial charge in [-0.05, 0) is 36.8 Å². The van der Waals surface area contributed by atoms with Crippen molar-refractivity contribution < 1.29 is 0 Å². The van der Waals surface area contributed by atoms with Gasteiger partial charge in [-0.1, -0.05) is 60.7 Å². The lowest BCUT2D eigenvalue weighted by Crippen LogP contribution is -1.93. The molecule has 0 radical (unpaired) electrons. The summed E-state index contributed by atoms with van der Waals surface area (Å²) in [5.74, 6) is 0. The van der Waals surface area contributed by atoms with E-state index in [0.717, 1.165) is 0 Å². The molecule has 0 saturated heterocycles. The molecule has 1 nitrogen and oxygen atoms in total. The molecule has 4 aromatic rings. The number of para-hydroxylation sites is 2. The molecule has 0 spiro atoms. The SMILES string of the molecule is C/C=C/c1ccc(-n2c3ccccc3c3ccccc32)cc1. The number of nitrogens with zero attached hydrogens (tertiary/aromatic N) is 1. The van der Waals surface area contributed by atoms with Crippen LogP contribution in [0.3, 0.4) is 0 Å². The maximum absolute atomic E-state index is 2.34. The first-order chi connectivity index (χ1) is 10.9. The van der Waals surface area contributed by atoms with Crippen LogP contribution in [0.25, 0.3) is 33.6 Å².